The maximum atomic E-state index is 12.9. The molecule has 0 bridgehead atoms. The predicted molar refractivity (Wildman–Crippen MR) is 194 cm³/mol. The lowest BCUT2D eigenvalue weighted by atomic mass is 10.1. The largest absolute Gasteiger partial charge is 0.490 e. The Morgan fingerprint density at radius 3 is 1.64 bits per heavy atom. The van der Waals surface area contributed by atoms with Crippen molar-refractivity contribution in [3.8, 4) is 11.5 Å². The fourth-order valence-electron chi connectivity index (χ4n) is 5.48. The number of hydrogen-bond donors (Lipinski definition) is 5. The molecule has 0 spiro atoms. The summed E-state index contributed by atoms with van der Waals surface area (Å²) in [5.74, 6) is -4.55. The molecule has 42 heteroatoms. The number of nitro groups is 6. The van der Waals surface area contributed by atoms with Gasteiger partial charge in [-0.2, -0.15) is 8.62 Å². The van der Waals surface area contributed by atoms with Gasteiger partial charge in [0, 0.05) is 4.91 Å². The number of phosphoric ester groups is 1. The lowest BCUT2D eigenvalue weighted by Crippen LogP contribution is -2.42. The number of aromatic nitrogens is 4. The minimum Gasteiger partial charge on any atom is -0.472 e. The molecule has 39 nitrogen and oxygen atoms in total. The number of anilines is 1. The molecule has 6 atom stereocenters. The lowest BCUT2D eigenvalue weighted by molar-refractivity contribution is -0.405. The Bertz CT molecular complexity index is 2800. The highest BCUT2D eigenvalue weighted by atomic mass is 31.3. The topological polar surface area (TPSA) is 565 Å². The highest BCUT2D eigenvalue weighted by Crippen LogP contribution is 2.66. The molecule has 5 rings (SSSR count). The average Bonchev–Trinajstić information content (AvgIpc) is 3.69. The van der Waals surface area contributed by atoms with Gasteiger partial charge in [0.2, 0.25) is 5.95 Å². The molecule has 0 radical (unpaired) electrons. The molecule has 0 saturated carbocycles. The molecule has 4 aromatic rings. The fraction of sp³-hybridized carbons (Fsp3) is 0.227. The summed E-state index contributed by atoms with van der Waals surface area (Å²) in [6.07, 6.45) is -9.47. The van der Waals surface area contributed by atoms with Crippen molar-refractivity contribution in [2.45, 2.75) is 24.5 Å². The quantitative estimate of drug-likeness (QED) is 0.0225. The van der Waals surface area contributed by atoms with Gasteiger partial charge in [0.15, 0.2) is 35.4 Å². The smallest absolute Gasteiger partial charge is 0.472 e. The molecule has 1 aliphatic heterocycles. The van der Waals surface area contributed by atoms with Crippen LogP contribution in [-0.4, -0.2) is 93.6 Å². The molecule has 340 valence electrons. The maximum Gasteiger partial charge on any atom is 0.490 e. The highest BCUT2D eigenvalue weighted by Gasteiger charge is 2.54. The number of nitro benzene ring substituents is 6. The first-order chi connectivity index (χ1) is 29.6. The van der Waals surface area contributed by atoms with Crippen LogP contribution >= 0.6 is 23.5 Å². The highest BCUT2D eigenvalue weighted by molar-refractivity contribution is 7.66. The minimum atomic E-state index is -6.28. The van der Waals surface area contributed by atoms with E-state index in [-0.39, 0.29) is 24.3 Å². The van der Waals surface area contributed by atoms with Gasteiger partial charge in [-0.1, -0.05) is 0 Å². The monoisotopic (exact) mass is 970 g/mol. The number of ether oxygens (including phenoxy) is 3. The number of benzene rings is 2. The van der Waals surface area contributed by atoms with Crippen molar-refractivity contribution in [3.05, 3.63) is 102 Å². The number of nitrogen functional groups attached to an aromatic ring is 1. The molecule has 3 heterocycles. The molecule has 1 fully saturated rings. The molecular weight excluding hydrogens is 953 g/mol. The molecule has 6 N–H and O–H groups in total. The summed E-state index contributed by atoms with van der Waals surface area (Å²) >= 11 is 0. The van der Waals surface area contributed by atoms with Gasteiger partial charge in [0.05, 0.1) is 60.4 Å². The van der Waals surface area contributed by atoms with Gasteiger partial charge in [0.25, 0.3) is 22.9 Å². The van der Waals surface area contributed by atoms with E-state index in [9.17, 15) is 89.7 Å². The molecule has 2 aromatic heterocycles. The number of hydrogen-bond acceptors (Lipinski definition) is 26. The Labute approximate surface area is 345 Å². The molecule has 2 unspecified atom stereocenters. The van der Waals surface area contributed by atoms with Crippen molar-refractivity contribution in [2.75, 3.05) is 12.3 Å². The van der Waals surface area contributed by atoms with Crippen LogP contribution in [0.1, 0.15) is 6.23 Å². The average molecular weight is 970 g/mol. The lowest BCUT2D eigenvalue weighted by Gasteiger charge is -2.26. The number of nitrogens with zero attached hydrogens (tertiary/aromatic N) is 13. The van der Waals surface area contributed by atoms with E-state index in [2.05, 4.69) is 38.1 Å². The predicted octanol–water partition coefficient (Wildman–Crippen LogP) is 2.94. The number of phosphoric acid groups is 3. The Hall–Kier alpha value is -7.53. The molecule has 2 aromatic carbocycles. The fourth-order valence-corrected chi connectivity index (χ4v) is 8.51. The van der Waals surface area contributed by atoms with E-state index in [0.29, 0.717) is 4.57 Å². The van der Waals surface area contributed by atoms with Gasteiger partial charge in [0.1, 0.15) is 12.4 Å². The molecule has 0 amide bonds. The van der Waals surface area contributed by atoms with E-state index in [1.807, 2.05) is 0 Å². The minimum absolute atomic E-state index is 0.112. The second-order valence-corrected chi connectivity index (χ2v) is 16.1. The third-order valence-electron chi connectivity index (χ3n) is 7.76. The number of imidazole rings is 1. The van der Waals surface area contributed by atoms with Gasteiger partial charge >= 0.3 is 46.2 Å². The zero-order valence-electron chi connectivity index (χ0n) is 30.0. The van der Waals surface area contributed by atoms with Crippen LogP contribution in [0.15, 0.2) is 35.7 Å². The van der Waals surface area contributed by atoms with Crippen LogP contribution in [0.2, 0.25) is 0 Å². The Morgan fingerprint density at radius 1 is 0.750 bits per heavy atom. The number of fused-ring (bicyclic) bond motifs is 1. The van der Waals surface area contributed by atoms with Crippen molar-refractivity contribution < 1.29 is 90.2 Å². The van der Waals surface area contributed by atoms with Crippen LogP contribution in [0.5, 0.6) is 11.5 Å². The summed E-state index contributed by atoms with van der Waals surface area (Å²) < 4.78 is 65.7. The van der Waals surface area contributed by atoms with Crippen LogP contribution in [0, 0.1) is 60.7 Å². The Balaban J connectivity index is 1.85. The molecule has 1 saturated heterocycles. The zero-order chi connectivity index (χ0) is 47.8. The van der Waals surface area contributed by atoms with Crippen LogP contribution in [0.4, 0.5) is 45.9 Å². The zero-order valence-corrected chi connectivity index (χ0v) is 32.7. The molecule has 64 heavy (non-hydrogen) atoms. The first-order valence-electron chi connectivity index (χ1n) is 15.7. The second kappa shape index (κ2) is 17.7. The number of nitrogens with two attached hydrogens (primary N) is 1. The van der Waals surface area contributed by atoms with Crippen molar-refractivity contribution in [1.29, 1.82) is 0 Å². The van der Waals surface area contributed by atoms with Crippen LogP contribution in [0.3, 0.4) is 0 Å². The molecule has 0 aliphatic carbocycles. The van der Waals surface area contributed by atoms with Gasteiger partial charge < -0.3 is 39.5 Å². The summed E-state index contributed by atoms with van der Waals surface area (Å²) in [5, 5.41) is 75.6. The van der Waals surface area contributed by atoms with E-state index in [1.54, 1.807) is 0 Å². The third kappa shape index (κ3) is 10.2. The second-order valence-electron chi connectivity index (χ2n) is 11.7. The van der Waals surface area contributed by atoms with E-state index in [4.69, 9.17) is 29.7 Å². The van der Waals surface area contributed by atoms with Crippen LogP contribution in [0.25, 0.3) is 21.6 Å². The summed E-state index contributed by atoms with van der Waals surface area (Å²) in [6.45, 7) is -1.73. The summed E-state index contributed by atoms with van der Waals surface area (Å²) in [5.41, 5.74) is 5.15. The number of non-ortho nitro benzene ring substituents is 2. The Morgan fingerprint density at radius 2 is 1.22 bits per heavy atom. The number of azide groups is 1. The van der Waals surface area contributed by atoms with Gasteiger partial charge in [-0.05, 0) is 10.6 Å². The van der Waals surface area contributed by atoms with Crippen LogP contribution in [-0.2, 0) is 31.6 Å². The van der Waals surface area contributed by atoms with Crippen molar-refractivity contribution in [1.82, 2.24) is 19.5 Å². The molecule has 1 aliphatic rings. The summed E-state index contributed by atoms with van der Waals surface area (Å²) in [4.78, 5) is 116. The van der Waals surface area contributed by atoms with Gasteiger partial charge in [-0.25, -0.2) is 28.6 Å². The number of rotatable bonds is 19. The van der Waals surface area contributed by atoms with E-state index in [1.165, 1.54) is 0 Å². The van der Waals surface area contributed by atoms with Gasteiger partial charge in [-0.3, -0.25) is 69.8 Å². The van der Waals surface area contributed by atoms with Crippen molar-refractivity contribution in [3.63, 3.8) is 0 Å². The molecular formula is C22H17N14O25P3. The van der Waals surface area contributed by atoms with E-state index in [0.717, 1.165) is 6.33 Å². The first kappa shape index (κ1) is 47.5. The maximum absolute atomic E-state index is 12.9. The summed E-state index contributed by atoms with van der Waals surface area (Å²) in [6, 6.07) is 0.490. The third-order valence-corrected chi connectivity index (χ3v) is 11.6. The van der Waals surface area contributed by atoms with Crippen LogP contribution < -0.4 is 15.2 Å². The summed E-state index contributed by atoms with van der Waals surface area (Å²) in [7, 11) is -18.5. The normalized spacial score (nSPS) is 19.1. The van der Waals surface area contributed by atoms with E-state index >= 15 is 0 Å². The van der Waals surface area contributed by atoms with Gasteiger partial charge in [-0.15, -0.1) is 0 Å². The first-order valence-corrected chi connectivity index (χ1v) is 20.2. The van der Waals surface area contributed by atoms with E-state index < -0.39 is 153 Å². The Kier molecular flexibility index (Phi) is 13.1. The SMILES string of the molecule is [N-]=[N+]=Nc1nc2c(N)ncnc2n1[C@@H]1O[C@H](COP(=O)(O)OP(=O)(O)OP(=O)(O)O)[C@@H](Oc2c([N+](=O)[O-])cc([N+](=O)[O-])cc2[N+](=O)[O-])[C@H]1Oc1c([N+](=O)[O-])cc([N+](=O)[O-])cc1[N+](=O)[O-]. The van der Waals surface area contributed by atoms with Crippen molar-refractivity contribution in [2.24, 2.45) is 5.11 Å². The van der Waals surface area contributed by atoms with Crippen molar-refractivity contribution >= 4 is 80.5 Å². The standard InChI is InChI=1S/C22H17N14O25P3/c23-19-14-20(26-6-25-19)30(22(27-14)28-29-24)21-18(59-16-11(35(45)46)3-8(32(39)40)4-12(16)36(47)48)17(13(57-21)5-56-63(52,53)61-64(54,55)60-62(49,50)51)58-15-9(33(41)42)1-7(31(37)38)2-10(15)34(43)44/h1-4,6,13,17-18,21H,5H2,(H,52,53)(H,54,55)(H2,23,25,26)(H2,49,50,51)/t13-,17-,18-,21-/m1/s1.